The van der Waals surface area contributed by atoms with Gasteiger partial charge in [-0.25, -0.2) is 0 Å². The summed E-state index contributed by atoms with van der Waals surface area (Å²) in [7, 11) is 0. The zero-order valence-electron chi connectivity index (χ0n) is 11.3. The fraction of sp³-hybridized carbons (Fsp3) is 0.235. The van der Waals surface area contributed by atoms with Crippen LogP contribution in [-0.2, 0) is 9.53 Å². The van der Waals surface area contributed by atoms with Crippen molar-refractivity contribution in [3.05, 3.63) is 65.7 Å². The van der Waals surface area contributed by atoms with Crippen molar-refractivity contribution in [1.29, 1.82) is 0 Å². The summed E-state index contributed by atoms with van der Waals surface area (Å²) in [5.74, 6) is -0.0685. The normalized spacial score (nSPS) is 21.8. The molecule has 3 heteroatoms. The van der Waals surface area contributed by atoms with Crippen molar-refractivity contribution in [2.75, 3.05) is 0 Å². The summed E-state index contributed by atoms with van der Waals surface area (Å²) >= 11 is 0.250. The van der Waals surface area contributed by atoms with E-state index in [1.165, 1.54) is 10.0 Å². The predicted molar refractivity (Wildman–Crippen MR) is 80.2 cm³/mol. The zero-order chi connectivity index (χ0) is 13.9. The molecule has 0 bridgehead atoms. The van der Waals surface area contributed by atoms with Crippen LogP contribution in [0.3, 0.4) is 0 Å². The van der Waals surface area contributed by atoms with Crippen molar-refractivity contribution in [2.24, 2.45) is 0 Å². The van der Waals surface area contributed by atoms with Crippen LogP contribution in [0.25, 0.3) is 0 Å². The molecule has 102 valence electrons. The quantitative estimate of drug-likeness (QED) is 0.639. The molecule has 1 aliphatic heterocycles. The summed E-state index contributed by atoms with van der Waals surface area (Å²) in [6, 6.07) is 18.6. The Morgan fingerprint density at radius 3 is 2.50 bits per heavy atom. The molecule has 0 aliphatic carbocycles. The summed E-state index contributed by atoms with van der Waals surface area (Å²) < 4.78 is 6.91. The van der Waals surface area contributed by atoms with Gasteiger partial charge in [0, 0.05) is 0 Å². The molecule has 0 spiro atoms. The molecular formula is C17H16O2Se. The van der Waals surface area contributed by atoms with Crippen molar-refractivity contribution in [3.8, 4) is 0 Å². The van der Waals surface area contributed by atoms with Crippen molar-refractivity contribution in [1.82, 2.24) is 0 Å². The first-order valence-electron chi connectivity index (χ1n) is 6.71. The van der Waals surface area contributed by atoms with E-state index in [0.717, 1.165) is 5.56 Å². The Bertz CT molecular complexity index is 609. The molecule has 1 saturated heterocycles. The van der Waals surface area contributed by atoms with Gasteiger partial charge in [-0.3, -0.25) is 0 Å². The van der Waals surface area contributed by atoms with E-state index in [0.29, 0.717) is 11.2 Å². The average Bonchev–Trinajstić information content (AvgIpc) is 2.81. The molecule has 1 fully saturated rings. The molecule has 0 aromatic heterocycles. The Balaban J connectivity index is 1.86. The molecular weight excluding hydrogens is 315 g/mol. The van der Waals surface area contributed by atoms with Crippen LogP contribution in [0.2, 0.25) is 4.82 Å². The number of esters is 1. The summed E-state index contributed by atoms with van der Waals surface area (Å²) in [5.41, 5.74) is 2.35. The summed E-state index contributed by atoms with van der Waals surface area (Å²) in [6.45, 7) is 2.08. The van der Waals surface area contributed by atoms with E-state index >= 15 is 0 Å². The molecule has 20 heavy (non-hydrogen) atoms. The molecule has 3 rings (SSSR count). The molecule has 2 aromatic carbocycles. The second kappa shape index (κ2) is 5.82. The topological polar surface area (TPSA) is 26.3 Å². The first-order chi connectivity index (χ1) is 9.74. The molecule has 2 nitrogen and oxygen atoms in total. The van der Waals surface area contributed by atoms with Crippen LogP contribution in [0.1, 0.15) is 23.7 Å². The van der Waals surface area contributed by atoms with Gasteiger partial charge < -0.3 is 0 Å². The number of carbonyl (C=O) groups is 1. The summed E-state index contributed by atoms with van der Waals surface area (Å²) in [6.07, 6.45) is 0.456. The zero-order valence-corrected chi connectivity index (χ0v) is 13.0. The van der Waals surface area contributed by atoms with Crippen molar-refractivity contribution in [2.45, 2.75) is 24.3 Å². The molecule has 0 amide bonds. The summed E-state index contributed by atoms with van der Waals surface area (Å²) in [4.78, 5) is 12.0. The minimum absolute atomic E-state index is 0.0685. The molecule has 0 radical (unpaired) electrons. The van der Waals surface area contributed by atoms with E-state index in [1.807, 2.05) is 18.2 Å². The molecule has 2 atom stereocenters. The van der Waals surface area contributed by atoms with Gasteiger partial charge in [-0.05, 0) is 0 Å². The minimum atomic E-state index is -0.0797. The van der Waals surface area contributed by atoms with Gasteiger partial charge in [0.25, 0.3) is 0 Å². The SMILES string of the molecule is Cc1ccccc1[C@@H]1OC(=O)C[C@H]1[Se]c1ccccc1. The Morgan fingerprint density at radius 1 is 1.05 bits per heavy atom. The average molecular weight is 331 g/mol. The third-order valence-electron chi connectivity index (χ3n) is 3.49. The van der Waals surface area contributed by atoms with Crippen molar-refractivity contribution >= 4 is 25.4 Å². The van der Waals surface area contributed by atoms with Gasteiger partial charge in [0.1, 0.15) is 0 Å². The Kier molecular flexibility index (Phi) is 3.90. The fourth-order valence-electron chi connectivity index (χ4n) is 2.48. The number of cyclic esters (lactones) is 1. The van der Waals surface area contributed by atoms with Crippen LogP contribution in [0.4, 0.5) is 0 Å². The van der Waals surface area contributed by atoms with Gasteiger partial charge >= 0.3 is 125 Å². The maximum atomic E-state index is 11.7. The van der Waals surface area contributed by atoms with Crippen molar-refractivity contribution in [3.63, 3.8) is 0 Å². The number of hydrogen-bond acceptors (Lipinski definition) is 2. The first-order valence-corrected chi connectivity index (χ1v) is 8.55. The molecule has 1 aliphatic rings. The van der Waals surface area contributed by atoms with E-state index in [9.17, 15) is 4.79 Å². The van der Waals surface area contributed by atoms with Gasteiger partial charge in [0.2, 0.25) is 0 Å². The van der Waals surface area contributed by atoms with Crippen LogP contribution >= 0.6 is 0 Å². The molecule has 0 unspecified atom stereocenters. The van der Waals surface area contributed by atoms with E-state index in [-0.39, 0.29) is 27.0 Å². The van der Waals surface area contributed by atoms with E-state index in [2.05, 4.69) is 43.3 Å². The number of rotatable bonds is 3. The Labute approximate surface area is 125 Å². The van der Waals surface area contributed by atoms with Crippen molar-refractivity contribution < 1.29 is 9.53 Å². The Hall–Kier alpha value is -1.57. The number of aryl methyl sites for hydroxylation is 1. The maximum absolute atomic E-state index is 11.7. The van der Waals surface area contributed by atoms with Crippen LogP contribution in [0.15, 0.2) is 54.6 Å². The molecule has 0 N–H and O–H groups in total. The number of carbonyl (C=O) groups excluding carboxylic acids is 1. The van der Waals surface area contributed by atoms with Crippen LogP contribution in [0.5, 0.6) is 0 Å². The van der Waals surface area contributed by atoms with Gasteiger partial charge in [-0.1, -0.05) is 0 Å². The third kappa shape index (κ3) is 2.79. The monoisotopic (exact) mass is 332 g/mol. The number of ether oxygens (including phenoxy) is 1. The predicted octanol–water partition coefficient (Wildman–Crippen LogP) is 2.80. The van der Waals surface area contributed by atoms with Gasteiger partial charge in [0.05, 0.1) is 0 Å². The van der Waals surface area contributed by atoms with Gasteiger partial charge in [0.15, 0.2) is 0 Å². The second-order valence-electron chi connectivity index (χ2n) is 4.94. The summed E-state index contributed by atoms with van der Waals surface area (Å²) in [5, 5.41) is 0. The van der Waals surface area contributed by atoms with Crippen LogP contribution < -0.4 is 4.46 Å². The Morgan fingerprint density at radius 2 is 1.75 bits per heavy atom. The van der Waals surface area contributed by atoms with E-state index in [4.69, 9.17) is 4.74 Å². The number of benzene rings is 2. The van der Waals surface area contributed by atoms with Crippen LogP contribution in [0, 0.1) is 6.92 Å². The van der Waals surface area contributed by atoms with Gasteiger partial charge in [-0.15, -0.1) is 0 Å². The third-order valence-corrected chi connectivity index (χ3v) is 6.14. The van der Waals surface area contributed by atoms with Crippen LogP contribution in [-0.4, -0.2) is 20.9 Å². The molecule has 0 saturated carbocycles. The fourth-order valence-corrected chi connectivity index (χ4v) is 5.02. The van der Waals surface area contributed by atoms with E-state index < -0.39 is 0 Å². The standard InChI is InChI=1S/C17H16O2Se/c1-12-7-5-6-10-14(12)17-15(11-16(18)19-17)20-13-8-3-2-4-9-13/h2-10,15,17H,11H2,1H3/t15-,17+/m1/s1. The van der Waals surface area contributed by atoms with E-state index in [1.54, 1.807) is 0 Å². The van der Waals surface area contributed by atoms with Gasteiger partial charge in [-0.2, -0.15) is 0 Å². The second-order valence-corrected chi connectivity index (χ2v) is 7.69. The number of hydrogen-bond donors (Lipinski definition) is 0. The molecule has 1 heterocycles. The first kappa shape index (κ1) is 13.4. The molecule has 2 aromatic rings.